The second-order valence-electron chi connectivity index (χ2n) is 2.66. The largest absolute Gasteiger partial charge is 0.477 e. The molecular weight excluding hydrogens is 306 g/mol. The van der Waals surface area contributed by atoms with Crippen LogP contribution in [0.2, 0.25) is 0 Å². The molecule has 0 saturated heterocycles. The predicted molar refractivity (Wildman–Crippen MR) is 68.9 cm³/mol. The van der Waals surface area contributed by atoms with E-state index in [2.05, 4.69) is 10.3 Å². The molecule has 0 fully saturated rings. The summed E-state index contributed by atoms with van der Waals surface area (Å²) in [7, 11) is -3.55. The molecule has 0 aromatic rings. The highest BCUT2D eigenvalue weighted by atomic mass is 35.5. The van der Waals surface area contributed by atoms with Gasteiger partial charge in [-0.1, -0.05) is 23.2 Å². The lowest BCUT2D eigenvalue weighted by Crippen LogP contribution is -2.09. The minimum atomic E-state index is -3.55. The van der Waals surface area contributed by atoms with Crippen molar-refractivity contribution in [2.75, 3.05) is 13.2 Å². The maximum Gasteiger partial charge on any atom is 0.448 e. The van der Waals surface area contributed by atoms with Gasteiger partial charge in [-0.25, -0.2) is 14.6 Å². The number of nitrogens with one attached hydrogen (secondary N) is 1. The van der Waals surface area contributed by atoms with Gasteiger partial charge in [0, 0.05) is 0 Å². The second-order valence-corrected chi connectivity index (χ2v) is 5.15. The van der Waals surface area contributed by atoms with E-state index in [1.54, 1.807) is 13.8 Å². The van der Waals surface area contributed by atoms with Crippen molar-refractivity contribution < 1.29 is 23.5 Å². The Morgan fingerprint density at radius 3 is 2.28 bits per heavy atom. The zero-order chi connectivity index (χ0) is 14.2. The van der Waals surface area contributed by atoms with Gasteiger partial charge >= 0.3 is 13.7 Å². The molecule has 7 nitrogen and oxygen atoms in total. The molecule has 0 saturated carbocycles. The highest BCUT2D eigenvalue weighted by Gasteiger charge is 2.22. The van der Waals surface area contributed by atoms with E-state index in [1.165, 1.54) is 0 Å². The van der Waals surface area contributed by atoms with Crippen LogP contribution in [0.25, 0.3) is 0 Å². The molecule has 2 N–H and O–H groups in total. The number of nitrogens with zero attached hydrogens (tertiary/aromatic N) is 1. The van der Waals surface area contributed by atoms with E-state index < -0.39 is 18.7 Å². The summed E-state index contributed by atoms with van der Waals surface area (Å²) in [4.78, 5) is 10.4. The molecule has 0 aromatic carbocycles. The van der Waals surface area contributed by atoms with Gasteiger partial charge in [0.2, 0.25) is 0 Å². The number of carbonyl (C=O) groups is 1. The normalized spacial score (nSPS) is 13.6. The van der Waals surface area contributed by atoms with E-state index in [-0.39, 0.29) is 18.2 Å². The van der Waals surface area contributed by atoms with Crippen LogP contribution in [0, 0.1) is 0 Å². The van der Waals surface area contributed by atoms with Crippen molar-refractivity contribution in [3.63, 3.8) is 0 Å². The summed E-state index contributed by atoms with van der Waals surface area (Å²) in [6.07, 6.45) is 0.892. The van der Waals surface area contributed by atoms with Crippen LogP contribution in [-0.2, 0) is 18.4 Å². The Morgan fingerprint density at radius 2 is 1.89 bits per heavy atom. The summed E-state index contributed by atoms with van der Waals surface area (Å²) in [6, 6.07) is 0. The topological polar surface area (TPSA) is 97.2 Å². The standard InChI is InChI=1S/C8H13Cl2N2O5P/c1-3-16-18(15,17-4-2)12-11-5-6(9)7(10)8(13)14/h5H,3-4H2,1-2H3,(H,12,15)(H,13,14). The van der Waals surface area contributed by atoms with Crippen LogP contribution in [-0.4, -0.2) is 30.5 Å². The van der Waals surface area contributed by atoms with Crippen LogP contribution in [0.1, 0.15) is 13.8 Å². The van der Waals surface area contributed by atoms with E-state index in [4.69, 9.17) is 37.4 Å². The number of hydrogen-bond donors (Lipinski definition) is 2. The van der Waals surface area contributed by atoms with Gasteiger partial charge in [-0.3, -0.25) is 9.05 Å². The first-order chi connectivity index (χ1) is 8.36. The van der Waals surface area contributed by atoms with E-state index in [0.717, 1.165) is 6.21 Å². The van der Waals surface area contributed by atoms with E-state index in [9.17, 15) is 9.36 Å². The molecular formula is C8H13Cl2N2O5P. The average molecular weight is 319 g/mol. The number of rotatable bonds is 8. The lowest BCUT2D eigenvalue weighted by molar-refractivity contribution is -0.131. The van der Waals surface area contributed by atoms with Crippen molar-refractivity contribution >= 4 is 43.1 Å². The molecule has 0 heterocycles. The van der Waals surface area contributed by atoms with Gasteiger partial charge in [-0.05, 0) is 13.8 Å². The molecule has 0 atom stereocenters. The first kappa shape index (κ1) is 17.4. The van der Waals surface area contributed by atoms with Gasteiger partial charge in [0.25, 0.3) is 0 Å². The van der Waals surface area contributed by atoms with Gasteiger partial charge in [0.15, 0.2) is 0 Å². The van der Waals surface area contributed by atoms with Gasteiger partial charge in [-0.15, -0.1) is 0 Å². The lowest BCUT2D eigenvalue weighted by Gasteiger charge is -2.14. The van der Waals surface area contributed by atoms with E-state index in [1.807, 2.05) is 0 Å². The molecule has 0 aliphatic heterocycles. The molecule has 0 radical (unpaired) electrons. The fourth-order valence-electron chi connectivity index (χ4n) is 0.750. The van der Waals surface area contributed by atoms with Crippen molar-refractivity contribution in [1.29, 1.82) is 0 Å². The number of hydrogen-bond acceptors (Lipinski definition) is 5. The molecule has 0 spiro atoms. The number of halogens is 2. The number of carboxylic acid groups (broad SMARTS) is 1. The molecule has 10 heteroatoms. The predicted octanol–water partition coefficient (Wildman–Crippen LogP) is 2.52. The number of hydrazone groups is 1. The Bertz CT molecular complexity index is 389. The summed E-state index contributed by atoms with van der Waals surface area (Å²) in [5, 5.41) is 13.2. The van der Waals surface area contributed by atoms with Crippen molar-refractivity contribution in [3.05, 3.63) is 10.1 Å². The smallest absolute Gasteiger partial charge is 0.448 e. The van der Waals surface area contributed by atoms with Crippen LogP contribution in [0.3, 0.4) is 0 Å². The highest BCUT2D eigenvalue weighted by molar-refractivity contribution is 7.51. The number of aliphatic carboxylic acids is 1. The average Bonchev–Trinajstić information content (AvgIpc) is 2.28. The monoisotopic (exact) mass is 318 g/mol. The molecule has 0 amide bonds. The summed E-state index contributed by atoms with van der Waals surface area (Å²) in [6.45, 7) is 3.56. The van der Waals surface area contributed by atoms with E-state index >= 15 is 0 Å². The maximum absolute atomic E-state index is 11.8. The van der Waals surface area contributed by atoms with Crippen LogP contribution in [0.5, 0.6) is 0 Å². The Labute approximate surface area is 114 Å². The maximum atomic E-state index is 11.8. The summed E-state index contributed by atoms with van der Waals surface area (Å²) in [5.74, 6) is -1.40. The zero-order valence-corrected chi connectivity index (χ0v) is 12.1. The summed E-state index contributed by atoms with van der Waals surface area (Å²) in [5.41, 5.74) is 0. The minimum Gasteiger partial charge on any atom is -0.477 e. The summed E-state index contributed by atoms with van der Waals surface area (Å²) < 4.78 is 21.5. The fourth-order valence-corrected chi connectivity index (χ4v) is 2.00. The SMILES string of the molecule is CCOP(=O)(NN=CC(Cl)=C(Cl)C(=O)O)OCC. The Balaban J connectivity index is 4.67. The quantitative estimate of drug-likeness (QED) is 0.309. The van der Waals surface area contributed by atoms with Crippen LogP contribution < -0.4 is 5.20 Å². The highest BCUT2D eigenvalue weighted by Crippen LogP contribution is 2.43. The molecule has 0 bridgehead atoms. The lowest BCUT2D eigenvalue weighted by atomic mass is 10.5. The minimum absolute atomic E-state index is 0.152. The number of allylic oxidation sites excluding steroid dienone is 1. The van der Waals surface area contributed by atoms with Gasteiger partial charge in [-0.2, -0.15) is 5.10 Å². The van der Waals surface area contributed by atoms with Crippen LogP contribution in [0.15, 0.2) is 15.2 Å². The van der Waals surface area contributed by atoms with Gasteiger partial charge in [0.1, 0.15) is 5.03 Å². The third-order valence-corrected chi connectivity index (χ3v) is 3.66. The molecule has 0 aliphatic carbocycles. The second kappa shape index (κ2) is 8.50. The molecule has 104 valence electrons. The number of carboxylic acids is 1. The molecule has 18 heavy (non-hydrogen) atoms. The van der Waals surface area contributed by atoms with E-state index in [0.29, 0.717) is 0 Å². The zero-order valence-electron chi connectivity index (χ0n) is 9.72. The van der Waals surface area contributed by atoms with Crippen LogP contribution >= 0.6 is 30.9 Å². The van der Waals surface area contributed by atoms with Crippen molar-refractivity contribution in [3.8, 4) is 0 Å². The Kier molecular flexibility index (Phi) is 8.22. The van der Waals surface area contributed by atoms with Crippen molar-refractivity contribution in [2.45, 2.75) is 13.8 Å². The third-order valence-electron chi connectivity index (χ3n) is 1.35. The first-order valence-electron chi connectivity index (χ1n) is 4.84. The first-order valence-corrected chi connectivity index (χ1v) is 7.14. The Morgan fingerprint density at radius 1 is 1.39 bits per heavy atom. The van der Waals surface area contributed by atoms with Crippen LogP contribution in [0.4, 0.5) is 0 Å². The Hall–Kier alpha value is -0.590. The third kappa shape index (κ3) is 6.37. The van der Waals surface area contributed by atoms with Crippen molar-refractivity contribution in [2.24, 2.45) is 5.10 Å². The van der Waals surface area contributed by atoms with Crippen molar-refractivity contribution in [1.82, 2.24) is 5.20 Å². The summed E-state index contributed by atoms with van der Waals surface area (Å²) >= 11 is 10.9. The van der Waals surface area contributed by atoms with Gasteiger partial charge < -0.3 is 5.11 Å². The fraction of sp³-hybridized carbons (Fsp3) is 0.500. The molecule has 0 rings (SSSR count). The molecule has 0 aliphatic rings. The van der Waals surface area contributed by atoms with Gasteiger partial charge in [0.05, 0.1) is 24.5 Å². The molecule has 0 unspecified atom stereocenters. The molecule has 0 aromatic heterocycles.